The van der Waals surface area contributed by atoms with Gasteiger partial charge >= 0.3 is 0 Å². The van der Waals surface area contributed by atoms with Gasteiger partial charge in [-0.05, 0) is 18.2 Å². The van der Waals surface area contributed by atoms with E-state index in [0.717, 1.165) is 12.1 Å². The van der Waals surface area contributed by atoms with Gasteiger partial charge in [0.05, 0.1) is 18.4 Å². The number of hydrogen-bond acceptors (Lipinski definition) is 9. The molecule has 2 aromatic heterocycles. The molecule has 0 bridgehead atoms. The van der Waals surface area contributed by atoms with Gasteiger partial charge in [0.25, 0.3) is 0 Å². The van der Waals surface area contributed by atoms with Crippen LogP contribution in [-0.4, -0.2) is 67.7 Å². The van der Waals surface area contributed by atoms with Crippen LogP contribution in [0.3, 0.4) is 0 Å². The number of pyridine rings is 1. The van der Waals surface area contributed by atoms with Gasteiger partial charge in [0.2, 0.25) is 0 Å². The average molecular weight is 510 g/mol. The molecule has 34 heavy (non-hydrogen) atoms. The van der Waals surface area contributed by atoms with Crippen molar-refractivity contribution in [3.8, 4) is 17.3 Å². The lowest BCUT2D eigenvalue weighted by atomic mass is 9.97. The van der Waals surface area contributed by atoms with E-state index in [1.807, 2.05) is 6.07 Å². The van der Waals surface area contributed by atoms with Gasteiger partial charge in [-0.3, -0.25) is 4.98 Å². The largest absolute Gasteiger partial charge is 0.394 e. The summed E-state index contributed by atoms with van der Waals surface area (Å²) < 4.78 is 40.6. The maximum Gasteiger partial charge on any atom is 0.145 e. The normalized spacial score (nSPS) is 24.7. The number of benzene rings is 1. The number of thioether (sulfide) groups is 1. The van der Waals surface area contributed by atoms with E-state index in [0.29, 0.717) is 10.5 Å². The van der Waals surface area contributed by atoms with Crippen LogP contribution in [0.4, 0.5) is 8.78 Å². The van der Waals surface area contributed by atoms with E-state index in [4.69, 9.17) is 26.3 Å². The molecular weight excluding hydrogens is 492 g/mol. The summed E-state index contributed by atoms with van der Waals surface area (Å²) in [4.78, 5) is 4.64. The molecule has 3 heterocycles. The third kappa shape index (κ3) is 4.76. The fraction of sp³-hybridized carbons (Fsp3) is 0.333. The molecule has 0 aliphatic carbocycles. The van der Waals surface area contributed by atoms with E-state index < -0.39 is 53.1 Å². The predicted octanol–water partition coefficient (Wildman–Crippen LogP) is 2.57. The second-order valence-corrected chi connectivity index (χ2v) is 8.93. The van der Waals surface area contributed by atoms with Crippen molar-refractivity contribution in [2.45, 2.75) is 34.7 Å². The minimum absolute atomic E-state index is 0.102. The highest BCUT2D eigenvalue weighted by Gasteiger charge is 2.47. The van der Waals surface area contributed by atoms with Crippen LogP contribution in [0, 0.1) is 23.0 Å². The van der Waals surface area contributed by atoms with Crippen LogP contribution in [-0.2, 0) is 9.47 Å². The molecule has 9 nitrogen and oxygen atoms in total. The molecule has 2 N–H and O–H groups in total. The van der Waals surface area contributed by atoms with Gasteiger partial charge in [-0.25, -0.2) is 13.5 Å². The lowest BCUT2D eigenvalue weighted by molar-refractivity contribution is -0.186. The quantitative estimate of drug-likeness (QED) is 0.482. The molecule has 178 valence electrons. The molecule has 0 radical (unpaired) electrons. The second-order valence-electron chi connectivity index (χ2n) is 7.38. The summed E-state index contributed by atoms with van der Waals surface area (Å²) in [6, 6.07) is 4.81. The average Bonchev–Trinajstić information content (AvgIpc) is 3.32. The molecule has 13 heteroatoms. The van der Waals surface area contributed by atoms with E-state index in [2.05, 4.69) is 15.3 Å². The van der Waals surface area contributed by atoms with Gasteiger partial charge in [-0.2, -0.15) is 5.26 Å². The zero-order chi connectivity index (χ0) is 24.4. The maximum absolute atomic E-state index is 13.9. The van der Waals surface area contributed by atoms with Crippen LogP contribution < -0.4 is 0 Å². The third-order valence-electron chi connectivity index (χ3n) is 5.29. The Morgan fingerprint density at radius 2 is 2.03 bits per heavy atom. The lowest BCUT2D eigenvalue weighted by Crippen LogP contribution is -2.55. The first-order valence-corrected chi connectivity index (χ1v) is 11.2. The van der Waals surface area contributed by atoms with Gasteiger partial charge in [-0.1, -0.05) is 28.6 Å². The number of aromatic nitrogens is 4. The zero-order valence-corrected chi connectivity index (χ0v) is 19.1. The SMILES string of the molecule is COC1C(n2cc(-c3cc(F)c(Cl)c(F)c3)nn2)[C@@H](O)C(CO)O[C@@H]1Sc1cncc(C#N)c1. The van der Waals surface area contributed by atoms with Crippen molar-refractivity contribution in [3.63, 3.8) is 0 Å². The highest BCUT2D eigenvalue weighted by molar-refractivity contribution is 7.99. The number of aliphatic hydroxyl groups excluding tert-OH is 2. The number of nitriles is 1. The van der Waals surface area contributed by atoms with Gasteiger partial charge in [0.15, 0.2) is 0 Å². The van der Waals surface area contributed by atoms with E-state index in [1.165, 1.54) is 35.9 Å². The van der Waals surface area contributed by atoms with Crippen LogP contribution in [0.1, 0.15) is 11.6 Å². The Bertz CT molecular complexity index is 1200. The number of hydrogen-bond donors (Lipinski definition) is 2. The van der Waals surface area contributed by atoms with E-state index in [9.17, 15) is 19.0 Å². The third-order valence-corrected chi connectivity index (χ3v) is 6.75. The first kappa shape index (κ1) is 24.5. The highest BCUT2D eigenvalue weighted by Crippen LogP contribution is 2.39. The minimum Gasteiger partial charge on any atom is -0.394 e. The Hall–Kier alpha value is -2.66. The van der Waals surface area contributed by atoms with Gasteiger partial charge < -0.3 is 19.7 Å². The first-order chi connectivity index (χ1) is 16.4. The smallest absolute Gasteiger partial charge is 0.145 e. The molecule has 3 unspecified atom stereocenters. The number of methoxy groups -OCH3 is 1. The molecule has 1 aliphatic rings. The molecule has 1 fully saturated rings. The molecule has 1 aromatic carbocycles. The van der Waals surface area contributed by atoms with Crippen LogP contribution in [0.2, 0.25) is 5.02 Å². The summed E-state index contributed by atoms with van der Waals surface area (Å²) >= 11 is 6.75. The van der Waals surface area contributed by atoms with Crippen LogP contribution in [0.25, 0.3) is 11.3 Å². The summed E-state index contributed by atoms with van der Waals surface area (Å²) in [6.07, 6.45) is 1.35. The van der Waals surface area contributed by atoms with Crippen molar-refractivity contribution >= 4 is 23.4 Å². The molecule has 0 amide bonds. The van der Waals surface area contributed by atoms with E-state index in [1.54, 1.807) is 12.3 Å². The van der Waals surface area contributed by atoms with Crippen molar-refractivity contribution in [2.24, 2.45) is 0 Å². The first-order valence-electron chi connectivity index (χ1n) is 9.92. The molecule has 0 saturated carbocycles. The number of ether oxygens (including phenoxy) is 2. The van der Waals surface area contributed by atoms with Crippen molar-refractivity contribution in [2.75, 3.05) is 13.7 Å². The molecule has 1 aliphatic heterocycles. The van der Waals surface area contributed by atoms with Crippen LogP contribution in [0.15, 0.2) is 41.7 Å². The summed E-state index contributed by atoms with van der Waals surface area (Å²) in [5.41, 5.74) is -0.137. The van der Waals surface area contributed by atoms with Crippen molar-refractivity contribution < 1.29 is 28.5 Å². The zero-order valence-electron chi connectivity index (χ0n) is 17.5. The standard InChI is InChI=1S/C21H18ClF2N5O4S/c1-32-20-18(29-8-15(27-28-29)11-3-13(23)17(22)14(24)4-11)19(31)16(9-30)33-21(20)34-12-2-10(5-25)6-26-7-12/h2-4,6-8,16,18-21,30-31H,9H2,1H3/t16?,18?,19-,20?,21+/m0/s1. The van der Waals surface area contributed by atoms with Crippen LogP contribution >= 0.6 is 23.4 Å². The van der Waals surface area contributed by atoms with Crippen molar-refractivity contribution in [3.05, 3.63) is 59.0 Å². The van der Waals surface area contributed by atoms with Crippen molar-refractivity contribution in [1.29, 1.82) is 5.26 Å². The molecule has 0 spiro atoms. The summed E-state index contributed by atoms with van der Waals surface area (Å²) in [7, 11) is 1.42. The van der Waals surface area contributed by atoms with E-state index in [-0.39, 0.29) is 11.3 Å². The molecule has 3 aromatic rings. The van der Waals surface area contributed by atoms with Crippen LogP contribution in [0.5, 0.6) is 0 Å². The Morgan fingerprint density at radius 3 is 2.68 bits per heavy atom. The molecule has 4 rings (SSSR count). The summed E-state index contributed by atoms with van der Waals surface area (Å²) in [5.74, 6) is -1.89. The second kappa shape index (κ2) is 10.3. The van der Waals surface area contributed by atoms with Gasteiger partial charge in [0.1, 0.15) is 58.2 Å². The molecular formula is C21H18ClF2N5O4S. The molecule has 1 saturated heterocycles. The van der Waals surface area contributed by atoms with Gasteiger partial charge in [0, 0.05) is 30.0 Å². The Morgan fingerprint density at radius 1 is 1.29 bits per heavy atom. The minimum atomic E-state index is -1.25. The fourth-order valence-electron chi connectivity index (χ4n) is 3.65. The Balaban J connectivity index is 1.67. The Labute approximate surface area is 201 Å². The number of halogens is 3. The van der Waals surface area contributed by atoms with Crippen molar-refractivity contribution in [1.82, 2.24) is 20.0 Å². The van der Waals surface area contributed by atoms with E-state index >= 15 is 0 Å². The summed E-state index contributed by atoms with van der Waals surface area (Å²) in [6.45, 7) is -0.489. The maximum atomic E-state index is 13.9. The number of rotatable bonds is 6. The lowest BCUT2D eigenvalue weighted by Gasteiger charge is -2.43. The monoisotopic (exact) mass is 509 g/mol. The highest BCUT2D eigenvalue weighted by atomic mass is 35.5. The Kier molecular flexibility index (Phi) is 7.42. The van der Waals surface area contributed by atoms with Gasteiger partial charge in [-0.15, -0.1) is 5.10 Å². The summed E-state index contributed by atoms with van der Waals surface area (Å²) in [5, 5.41) is 37.2. The molecule has 5 atom stereocenters. The fourth-order valence-corrected chi connectivity index (χ4v) is 4.94. The predicted molar refractivity (Wildman–Crippen MR) is 117 cm³/mol. The topological polar surface area (TPSA) is 126 Å². The number of aliphatic hydroxyl groups is 2. The number of nitrogens with zero attached hydrogens (tertiary/aromatic N) is 5.